The van der Waals surface area contributed by atoms with Crippen LogP contribution >= 0.6 is 0 Å². The predicted octanol–water partition coefficient (Wildman–Crippen LogP) is 2.99. The van der Waals surface area contributed by atoms with Crippen molar-refractivity contribution in [2.75, 3.05) is 0 Å². The van der Waals surface area contributed by atoms with Crippen LogP contribution in [0.4, 0.5) is 8.78 Å². The van der Waals surface area contributed by atoms with Crippen molar-refractivity contribution in [2.45, 2.75) is 0 Å². The first-order valence-corrected chi connectivity index (χ1v) is 4.00. The molecule has 68 valence electrons. The van der Waals surface area contributed by atoms with E-state index in [1.165, 1.54) is 12.1 Å². The van der Waals surface area contributed by atoms with Crippen LogP contribution in [0.5, 0.6) is 0 Å². The van der Waals surface area contributed by atoms with Gasteiger partial charge in [-0.15, -0.1) is 0 Å². The molecular formula is C11H5F2N. The molecule has 0 atom stereocenters. The summed E-state index contributed by atoms with van der Waals surface area (Å²) < 4.78 is 26.1. The first kappa shape index (κ1) is 8.64. The maximum absolute atomic E-state index is 13.2. The molecule has 0 radical (unpaired) electrons. The van der Waals surface area contributed by atoms with E-state index in [-0.39, 0.29) is 10.9 Å². The number of nitrogens with zero attached hydrogens (tertiary/aromatic N) is 1. The monoisotopic (exact) mass is 189 g/mol. The number of hydrogen-bond acceptors (Lipinski definition) is 1. The van der Waals surface area contributed by atoms with Crippen LogP contribution in [0.15, 0.2) is 30.3 Å². The van der Waals surface area contributed by atoms with Crippen LogP contribution in [0.2, 0.25) is 0 Å². The zero-order valence-corrected chi connectivity index (χ0v) is 7.09. The molecule has 0 heterocycles. The Morgan fingerprint density at radius 2 is 1.86 bits per heavy atom. The summed E-state index contributed by atoms with van der Waals surface area (Å²) >= 11 is 0. The molecule has 0 aliphatic heterocycles. The Morgan fingerprint density at radius 1 is 1.07 bits per heavy atom. The molecule has 0 aromatic heterocycles. The molecule has 2 aromatic rings. The van der Waals surface area contributed by atoms with Crippen molar-refractivity contribution in [3.63, 3.8) is 0 Å². The third-order valence-corrected chi connectivity index (χ3v) is 2.03. The molecule has 0 unspecified atom stereocenters. The summed E-state index contributed by atoms with van der Waals surface area (Å²) in [6.45, 7) is 0. The number of rotatable bonds is 0. The van der Waals surface area contributed by atoms with Crippen LogP contribution in [-0.4, -0.2) is 0 Å². The van der Waals surface area contributed by atoms with Crippen LogP contribution < -0.4 is 0 Å². The minimum absolute atomic E-state index is 0.269. The maximum atomic E-state index is 13.2. The summed E-state index contributed by atoms with van der Waals surface area (Å²) in [5, 5.41) is 9.30. The second kappa shape index (κ2) is 3.08. The minimum Gasteiger partial charge on any atom is -0.207 e. The third-order valence-electron chi connectivity index (χ3n) is 2.03. The molecule has 1 nitrogen and oxygen atoms in total. The second-order valence-electron chi connectivity index (χ2n) is 2.90. The van der Waals surface area contributed by atoms with Crippen molar-refractivity contribution in [2.24, 2.45) is 0 Å². The van der Waals surface area contributed by atoms with E-state index in [9.17, 15) is 8.78 Å². The Kier molecular flexibility index (Phi) is 1.90. The highest BCUT2D eigenvalue weighted by molar-refractivity contribution is 5.88. The van der Waals surface area contributed by atoms with E-state index in [0.717, 1.165) is 12.1 Å². The largest absolute Gasteiger partial charge is 0.207 e. The molecule has 14 heavy (non-hydrogen) atoms. The van der Waals surface area contributed by atoms with Gasteiger partial charge < -0.3 is 0 Å². The van der Waals surface area contributed by atoms with Gasteiger partial charge in [-0.3, -0.25) is 0 Å². The fourth-order valence-corrected chi connectivity index (χ4v) is 1.40. The lowest BCUT2D eigenvalue weighted by Gasteiger charge is -2.01. The first-order chi connectivity index (χ1) is 6.72. The van der Waals surface area contributed by atoms with Gasteiger partial charge in [0.2, 0.25) is 0 Å². The van der Waals surface area contributed by atoms with Gasteiger partial charge in [0.05, 0.1) is 11.6 Å². The smallest absolute Gasteiger partial charge is 0.133 e. The Hall–Kier alpha value is -1.95. The third kappa shape index (κ3) is 1.21. The van der Waals surface area contributed by atoms with E-state index in [0.29, 0.717) is 5.39 Å². The summed E-state index contributed by atoms with van der Waals surface area (Å²) in [5.74, 6) is -1.31. The van der Waals surface area contributed by atoms with Crippen LogP contribution in [-0.2, 0) is 0 Å². The Morgan fingerprint density at radius 3 is 2.57 bits per heavy atom. The molecule has 0 spiro atoms. The van der Waals surface area contributed by atoms with Crippen LogP contribution in [0.3, 0.4) is 0 Å². The molecule has 0 aliphatic carbocycles. The van der Waals surface area contributed by atoms with Crippen molar-refractivity contribution in [3.05, 3.63) is 47.5 Å². The lowest BCUT2D eigenvalue weighted by Crippen LogP contribution is -1.86. The number of benzene rings is 2. The standard InChI is InChI=1S/C11H5F2N/c12-8-4-10-7(6-14)2-1-3-9(10)11(13)5-8/h1-5H. The van der Waals surface area contributed by atoms with Gasteiger partial charge in [0.25, 0.3) is 0 Å². The highest BCUT2D eigenvalue weighted by atomic mass is 19.1. The van der Waals surface area contributed by atoms with Gasteiger partial charge in [-0.2, -0.15) is 5.26 Å². The minimum atomic E-state index is -0.669. The van der Waals surface area contributed by atoms with Gasteiger partial charge in [-0.05, 0) is 12.1 Å². The Labute approximate surface area is 79.2 Å². The molecule has 0 amide bonds. The van der Waals surface area contributed by atoms with Crippen LogP contribution in [0.1, 0.15) is 5.56 Å². The van der Waals surface area contributed by atoms with E-state index in [4.69, 9.17) is 5.26 Å². The zero-order valence-electron chi connectivity index (χ0n) is 7.09. The average molecular weight is 189 g/mol. The van der Waals surface area contributed by atoms with Crippen molar-refractivity contribution in [1.29, 1.82) is 5.26 Å². The average Bonchev–Trinajstić information content (AvgIpc) is 2.17. The molecule has 0 N–H and O–H groups in total. The molecule has 2 rings (SSSR count). The number of fused-ring (bicyclic) bond motifs is 1. The summed E-state index contributed by atoms with van der Waals surface area (Å²) in [4.78, 5) is 0. The lowest BCUT2D eigenvalue weighted by atomic mass is 10.0. The SMILES string of the molecule is N#Cc1cccc2c(F)cc(F)cc12. The van der Waals surface area contributed by atoms with Crippen molar-refractivity contribution in [1.82, 2.24) is 0 Å². The topological polar surface area (TPSA) is 23.8 Å². The normalized spacial score (nSPS) is 10.1. The fourth-order valence-electron chi connectivity index (χ4n) is 1.40. The predicted molar refractivity (Wildman–Crippen MR) is 48.6 cm³/mol. The van der Waals surface area contributed by atoms with E-state index in [1.54, 1.807) is 6.07 Å². The van der Waals surface area contributed by atoms with E-state index >= 15 is 0 Å². The van der Waals surface area contributed by atoms with E-state index in [1.807, 2.05) is 6.07 Å². The molecule has 0 fully saturated rings. The molecule has 0 saturated carbocycles. The molecule has 2 aromatic carbocycles. The summed E-state index contributed by atoms with van der Waals surface area (Å²) in [6, 6.07) is 8.48. The van der Waals surface area contributed by atoms with Crippen LogP contribution in [0, 0.1) is 23.0 Å². The number of nitriles is 1. The number of hydrogen-bond donors (Lipinski definition) is 0. The van der Waals surface area contributed by atoms with Crippen molar-refractivity contribution < 1.29 is 8.78 Å². The fraction of sp³-hybridized carbons (Fsp3) is 0. The van der Waals surface area contributed by atoms with Crippen molar-refractivity contribution >= 4 is 10.8 Å². The Bertz CT molecular complexity index is 541. The summed E-state index contributed by atoms with van der Waals surface area (Å²) in [7, 11) is 0. The molecule has 0 saturated heterocycles. The number of halogens is 2. The highest BCUT2D eigenvalue weighted by Crippen LogP contribution is 2.22. The van der Waals surface area contributed by atoms with Gasteiger partial charge >= 0.3 is 0 Å². The maximum Gasteiger partial charge on any atom is 0.133 e. The molecule has 0 bridgehead atoms. The Balaban J connectivity index is 2.95. The van der Waals surface area contributed by atoms with Gasteiger partial charge in [-0.25, -0.2) is 8.78 Å². The van der Waals surface area contributed by atoms with Gasteiger partial charge in [0.15, 0.2) is 0 Å². The zero-order chi connectivity index (χ0) is 10.1. The summed E-state index contributed by atoms with van der Waals surface area (Å²) in [5.41, 5.74) is 0.279. The van der Waals surface area contributed by atoms with Crippen LogP contribution in [0.25, 0.3) is 10.8 Å². The molecule has 3 heteroatoms. The first-order valence-electron chi connectivity index (χ1n) is 4.00. The lowest BCUT2D eigenvalue weighted by molar-refractivity contribution is 0.592. The van der Waals surface area contributed by atoms with E-state index < -0.39 is 11.6 Å². The second-order valence-corrected chi connectivity index (χ2v) is 2.90. The van der Waals surface area contributed by atoms with E-state index in [2.05, 4.69) is 0 Å². The molecular weight excluding hydrogens is 184 g/mol. The quantitative estimate of drug-likeness (QED) is 0.625. The van der Waals surface area contributed by atoms with Gasteiger partial charge in [0.1, 0.15) is 11.6 Å². The van der Waals surface area contributed by atoms with Crippen molar-refractivity contribution in [3.8, 4) is 6.07 Å². The highest BCUT2D eigenvalue weighted by Gasteiger charge is 2.06. The summed E-state index contributed by atoms with van der Waals surface area (Å²) in [6.07, 6.45) is 0. The molecule has 0 aliphatic rings. The van der Waals surface area contributed by atoms with Gasteiger partial charge in [-0.1, -0.05) is 12.1 Å². The van der Waals surface area contributed by atoms with Gasteiger partial charge in [0, 0.05) is 16.8 Å².